The maximum absolute atomic E-state index is 12.8. The zero-order valence-electron chi connectivity index (χ0n) is 17.1. The fraction of sp³-hybridized carbons (Fsp3) is 0.0833. The van der Waals surface area contributed by atoms with Crippen LogP contribution in [-0.4, -0.2) is 21.8 Å². The molecule has 4 rings (SSSR count). The molecule has 1 aromatic heterocycles. The van der Waals surface area contributed by atoms with Crippen molar-refractivity contribution in [3.8, 4) is 11.3 Å². The molecular weight excluding hydrogens is 428 g/mol. The van der Waals surface area contributed by atoms with Gasteiger partial charge in [0.15, 0.2) is 0 Å². The summed E-state index contributed by atoms with van der Waals surface area (Å²) in [4.78, 5) is 44.1. The summed E-state index contributed by atoms with van der Waals surface area (Å²) in [5, 5.41) is 6.11. The van der Waals surface area contributed by atoms with E-state index in [1.165, 1.54) is 6.92 Å². The Morgan fingerprint density at radius 2 is 1.78 bits per heavy atom. The van der Waals surface area contributed by atoms with E-state index in [0.29, 0.717) is 32.9 Å². The first kappa shape index (κ1) is 21.3. The van der Waals surface area contributed by atoms with Crippen LogP contribution in [0.4, 0.5) is 5.69 Å². The summed E-state index contributed by atoms with van der Waals surface area (Å²) in [5.41, 5.74) is 2.89. The Morgan fingerprint density at radius 3 is 2.56 bits per heavy atom. The molecule has 0 aliphatic carbocycles. The average Bonchev–Trinajstić information content (AvgIpc) is 2.77. The van der Waals surface area contributed by atoms with E-state index in [4.69, 9.17) is 11.6 Å². The summed E-state index contributed by atoms with van der Waals surface area (Å²) in [6, 6.07) is 19.1. The van der Waals surface area contributed by atoms with Gasteiger partial charge >= 0.3 is 0 Å². The van der Waals surface area contributed by atoms with Crippen molar-refractivity contribution in [1.82, 2.24) is 15.3 Å². The van der Waals surface area contributed by atoms with Crippen LogP contribution in [0.5, 0.6) is 0 Å². The normalized spacial score (nSPS) is 10.7. The van der Waals surface area contributed by atoms with Gasteiger partial charge < -0.3 is 15.6 Å². The van der Waals surface area contributed by atoms with Crippen molar-refractivity contribution in [2.45, 2.75) is 13.5 Å². The minimum Gasteiger partial charge on any atom is -0.348 e. The highest BCUT2D eigenvalue weighted by Crippen LogP contribution is 2.25. The number of aromatic amines is 1. The standard InChI is InChI=1S/C24H19ClN4O3/c1-14(30)27-19-9-5-3-7-17(19)22-24(32)29-21-12-15(10-11-20(21)28-22)23(31)26-13-16-6-2-4-8-18(16)25/h2-12H,13H2,1H3,(H,26,31)(H,27,30)(H,29,32). The van der Waals surface area contributed by atoms with Gasteiger partial charge in [0.2, 0.25) is 5.91 Å². The van der Waals surface area contributed by atoms with E-state index < -0.39 is 5.56 Å². The predicted octanol–water partition coefficient (Wildman–Crippen LogP) is 4.13. The van der Waals surface area contributed by atoms with E-state index in [1.54, 1.807) is 48.5 Å². The summed E-state index contributed by atoms with van der Waals surface area (Å²) in [7, 11) is 0. The highest BCUT2D eigenvalue weighted by atomic mass is 35.5. The van der Waals surface area contributed by atoms with Gasteiger partial charge in [-0.1, -0.05) is 48.0 Å². The highest BCUT2D eigenvalue weighted by Gasteiger charge is 2.14. The van der Waals surface area contributed by atoms with E-state index in [2.05, 4.69) is 20.6 Å². The van der Waals surface area contributed by atoms with Crippen LogP contribution in [0.15, 0.2) is 71.5 Å². The van der Waals surface area contributed by atoms with Crippen molar-refractivity contribution >= 4 is 40.1 Å². The quantitative estimate of drug-likeness (QED) is 0.428. The summed E-state index contributed by atoms with van der Waals surface area (Å²) < 4.78 is 0. The number of aromatic nitrogens is 2. The van der Waals surface area contributed by atoms with Gasteiger partial charge in [0, 0.05) is 29.6 Å². The third kappa shape index (κ3) is 4.53. The van der Waals surface area contributed by atoms with Gasteiger partial charge in [-0.05, 0) is 35.9 Å². The number of hydrogen-bond acceptors (Lipinski definition) is 4. The topological polar surface area (TPSA) is 104 Å². The highest BCUT2D eigenvalue weighted by molar-refractivity contribution is 6.31. The van der Waals surface area contributed by atoms with Gasteiger partial charge in [-0.2, -0.15) is 0 Å². The minimum absolute atomic E-state index is 0.178. The molecule has 3 N–H and O–H groups in total. The number of nitrogens with zero attached hydrogens (tertiary/aromatic N) is 1. The average molecular weight is 447 g/mol. The molecule has 7 nitrogen and oxygen atoms in total. The van der Waals surface area contributed by atoms with Gasteiger partial charge in [0.05, 0.1) is 16.7 Å². The number of H-pyrrole nitrogens is 1. The van der Waals surface area contributed by atoms with Gasteiger partial charge in [0.1, 0.15) is 5.69 Å². The molecule has 0 spiro atoms. The molecule has 4 aromatic rings. The number of para-hydroxylation sites is 1. The Balaban J connectivity index is 1.63. The van der Waals surface area contributed by atoms with Crippen LogP contribution in [0.2, 0.25) is 5.02 Å². The molecular formula is C24H19ClN4O3. The molecule has 0 radical (unpaired) electrons. The summed E-state index contributed by atoms with van der Waals surface area (Å²) in [6.07, 6.45) is 0. The molecule has 2 amide bonds. The van der Waals surface area contributed by atoms with Crippen LogP contribution < -0.4 is 16.2 Å². The number of hydrogen-bond donors (Lipinski definition) is 3. The molecule has 160 valence electrons. The first-order valence-corrected chi connectivity index (χ1v) is 10.2. The van der Waals surface area contributed by atoms with Crippen molar-refractivity contribution in [2.75, 3.05) is 5.32 Å². The van der Waals surface area contributed by atoms with E-state index in [1.807, 2.05) is 18.2 Å². The Kier molecular flexibility index (Phi) is 6.00. The third-order valence-corrected chi connectivity index (χ3v) is 5.21. The van der Waals surface area contributed by atoms with Crippen LogP contribution in [0.25, 0.3) is 22.3 Å². The number of carbonyl (C=O) groups is 2. The number of amides is 2. The second-order valence-corrected chi connectivity index (χ2v) is 7.55. The van der Waals surface area contributed by atoms with Crippen molar-refractivity contribution in [3.05, 3.63) is 93.2 Å². The fourth-order valence-corrected chi connectivity index (χ4v) is 3.52. The molecule has 0 aliphatic rings. The maximum Gasteiger partial charge on any atom is 0.275 e. The lowest BCUT2D eigenvalue weighted by Gasteiger charge is -2.10. The van der Waals surface area contributed by atoms with Gasteiger partial charge in [0.25, 0.3) is 11.5 Å². The van der Waals surface area contributed by atoms with Crippen molar-refractivity contribution in [1.29, 1.82) is 0 Å². The van der Waals surface area contributed by atoms with Crippen molar-refractivity contribution in [3.63, 3.8) is 0 Å². The van der Waals surface area contributed by atoms with E-state index in [0.717, 1.165) is 5.56 Å². The molecule has 0 aliphatic heterocycles. The second kappa shape index (κ2) is 9.03. The second-order valence-electron chi connectivity index (χ2n) is 7.15. The molecule has 0 fully saturated rings. The minimum atomic E-state index is -0.427. The first-order chi connectivity index (χ1) is 15.4. The maximum atomic E-state index is 12.8. The molecule has 8 heteroatoms. The fourth-order valence-electron chi connectivity index (χ4n) is 3.32. The molecule has 0 atom stereocenters. The summed E-state index contributed by atoms with van der Waals surface area (Å²) >= 11 is 6.13. The smallest absolute Gasteiger partial charge is 0.275 e. The lowest BCUT2D eigenvalue weighted by molar-refractivity contribution is -0.114. The van der Waals surface area contributed by atoms with Crippen LogP contribution in [-0.2, 0) is 11.3 Å². The molecule has 0 saturated carbocycles. The largest absolute Gasteiger partial charge is 0.348 e. The summed E-state index contributed by atoms with van der Waals surface area (Å²) in [5.74, 6) is -0.546. The van der Waals surface area contributed by atoms with Crippen LogP contribution in [0.1, 0.15) is 22.8 Å². The number of rotatable bonds is 5. The number of halogens is 1. The van der Waals surface area contributed by atoms with E-state index in [-0.39, 0.29) is 24.1 Å². The Hall–Kier alpha value is -3.97. The van der Waals surface area contributed by atoms with Crippen LogP contribution in [0, 0.1) is 0 Å². The third-order valence-electron chi connectivity index (χ3n) is 4.84. The number of carbonyl (C=O) groups excluding carboxylic acids is 2. The first-order valence-electron chi connectivity index (χ1n) is 9.85. The number of anilines is 1. The molecule has 32 heavy (non-hydrogen) atoms. The summed E-state index contributed by atoms with van der Waals surface area (Å²) in [6.45, 7) is 1.68. The molecule has 1 heterocycles. The molecule has 0 bridgehead atoms. The number of benzene rings is 3. The Morgan fingerprint density at radius 1 is 1.03 bits per heavy atom. The van der Waals surface area contributed by atoms with Crippen LogP contribution in [0.3, 0.4) is 0 Å². The van der Waals surface area contributed by atoms with Crippen molar-refractivity contribution in [2.24, 2.45) is 0 Å². The number of nitrogens with one attached hydrogen (secondary N) is 3. The van der Waals surface area contributed by atoms with Gasteiger partial charge in [-0.15, -0.1) is 0 Å². The van der Waals surface area contributed by atoms with Gasteiger partial charge in [-0.3, -0.25) is 14.4 Å². The molecule has 0 unspecified atom stereocenters. The molecule has 3 aromatic carbocycles. The van der Waals surface area contributed by atoms with Crippen molar-refractivity contribution < 1.29 is 9.59 Å². The SMILES string of the molecule is CC(=O)Nc1ccccc1-c1nc2ccc(C(=O)NCc3ccccc3Cl)cc2[nH]c1=O. The number of fused-ring (bicyclic) bond motifs is 1. The zero-order valence-corrected chi connectivity index (χ0v) is 17.9. The predicted molar refractivity (Wildman–Crippen MR) is 125 cm³/mol. The molecule has 0 saturated heterocycles. The Labute approximate surface area is 188 Å². The zero-order chi connectivity index (χ0) is 22.7. The van der Waals surface area contributed by atoms with Crippen LogP contribution >= 0.6 is 11.6 Å². The monoisotopic (exact) mass is 446 g/mol. The van der Waals surface area contributed by atoms with E-state index >= 15 is 0 Å². The van der Waals surface area contributed by atoms with Gasteiger partial charge in [-0.25, -0.2) is 4.98 Å². The lowest BCUT2D eigenvalue weighted by Crippen LogP contribution is -2.23. The Bertz CT molecular complexity index is 1400. The van der Waals surface area contributed by atoms with E-state index in [9.17, 15) is 14.4 Å². The lowest BCUT2D eigenvalue weighted by atomic mass is 10.1.